The normalized spacial score (nSPS) is 59.0. The molecule has 5 atom stereocenters. The van der Waals surface area contributed by atoms with Crippen LogP contribution in [0.4, 0.5) is 0 Å². The van der Waals surface area contributed by atoms with Gasteiger partial charge in [-0.3, -0.25) is 0 Å². The molecule has 0 nitrogen and oxygen atoms in total. The van der Waals surface area contributed by atoms with Crippen molar-refractivity contribution in [1.29, 1.82) is 0 Å². The first-order chi connectivity index (χ1) is 7.04. The Bertz CT molecular complexity index is 269. The van der Waals surface area contributed by atoms with Crippen molar-refractivity contribution in [3.63, 3.8) is 0 Å². The summed E-state index contributed by atoms with van der Waals surface area (Å²) in [6, 6.07) is 0. The molecule has 0 aliphatic heterocycles. The van der Waals surface area contributed by atoms with E-state index in [9.17, 15) is 0 Å². The molecule has 0 aromatic heterocycles. The average molecular weight is 206 g/mol. The lowest BCUT2D eigenvalue weighted by atomic mass is 9.57. The lowest BCUT2D eigenvalue weighted by Crippen LogP contribution is -2.39. The van der Waals surface area contributed by atoms with Crippen LogP contribution in [0.5, 0.6) is 0 Å². The van der Waals surface area contributed by atoms with E-state index in [2.05, 4.69) is 20.8 Å². The van der Waals surface area contributed by atoms with Crippen LogP contribution in [-0.2, 0) is 0 Å². The minimum Gasteiger partial charge on any atom is -0.0622 e. The molecule has 3 saturated carbocycles. The molecule has 3 fully saturated rings. The molecule has 0 N–H and O–H groups in total. The van der Waals surface area contributed by atoms with Gasteiger partial charge in [-0.2, -0.15) is 0 Å². The summed E-state index contributed by atoms with van der Waals surface area (Å²) in [5.41, 5.74) is 1.44. The van der Waals surface area contributed by atoms with E-state index < -0.39 is 0 Å². The Morgan fingerprint density at radius 3 is 2.67 bits per heavy atom. The summed E-state index contributed by atoms with van der Waals surface area (Å²) in [5.74, 6) is 3.15. The summed E-state index contributed by atoms with van der Waals surface area (Å²) in [6.45, 7) is 7.72. The summed E-state index contributed by atoms with van der Waals surface area (Å²) in [6.07, 6.45) is 10.7. The first-order valence-electron chi connectivity index (χ1n) is 7.04. The van der Waals surface area contributed by atoms with Gasteiger partial charge < -0.3 is 0 Å². The molecule has 0 radical (unpaired) electrons. The Hall–Kier alpha value is 0. The molecule has 2 bridgehead atoms. The third-order valence-corrected chi connectivity index (χ3v) is 6.32. The maximum absolute atomic E-state index is 2.63. The molecular formula is C15H26. The first-order valence-corrected chi connectivity index (χ1v) is 7.04. The predicted octanol–water partition coefficient (Wildman–Crippen LogP) is 4.64. The zero-order valence-electron chi connectivity index (χ0n) is 10.7. The molecule has 86 valence electrons. The van der Waals surface area contributed by atoms with Gasteiger partial charge in [0.05, 0.1) is 0 Å². The second-order valence-corrected chi connectivity index (χ2v) is 7.44. The fraction of sp³-hybridized carbons (Fsp3) is 1.00. The zero-order chi connectivity index (χ0) is 10.7. The van der Waals surface area contributed by atoms with Crippen LogP contribution in [0, 0.1) is 28.6 Å². The van der Waals surface area contributed by atoms with E-state index in [0.29, 0.717) is 5.41 Å². The SMILES string of the molecule is C[C@@H]1C[C@H]2CCC[C@@]3(C)CC[C@@H]1[C@@]2(C)C3. The van der Waals surface area contributed by atoms with Crippen molar-refractivity contribution in [2.45, 2.75) is 65.7 Å². The van der Waals surface area contributed by atoms with E-state index in [1.165, 1.54) is 38.5 Å². The predicted molar refractivity (Wildman–Crippen MR) is 64.7 cm³/mol. The van der Waals surface area contributed by atoms with Crippen molar-refractivity contribution < 1.29 is 0 Å². The Balaban J connectivity index is 1.99. The molecule has 3 aliphatic carbocycles. The molecule has 0 heteroatoms. The highest BCUT2D eigenvalue weighted by atomic mass is 14.6. The Morgan fingerprint density at radius 1 is 1.07 bits per heavy atom. The molecule has 0 unspecified atom stereocenters. The fourth-order valence-electron chi connectivity index (χ4n) is 5.67. The highest BCUT2D eigenvalue weighted by Crippen LogP contribution is 2.65. The first kappa shape index (κ1) is 10.2. The number of rotatable bonds is 0. The van der Waals surface area contributed by atoms with Gasteiger partial charge in [0.15, 0.2) is 0 Å². The summed E-state index contributed by atoms with van der Waals surface area (Å²) < 4.78 is 0. The van der Waals surface area contributed by atoms with Gasteiger partial charge in [-0.25, -0.2) is 0 Å². The second kappa shape index (κ2) is 3.02. The van der Waals surface area contributed by atoms with E-state index in [1.54, 1.807) is 6.42 Å². The third-order valence-electron chi connectivity index (χ3n) is 6.32. The van der Waals surface area contributed by atoms with Gasteiger partial charge in [0.1, 0.15) is 0 Å². The molecule has 0 aromatic rings. The number of hydrogen-bond acceptors (Lipinski definition) is 0. The topological polar surface area (TPSA) is 0 Å². The van der Waals surface area contributed by atoms with Crippen molar-refractivity contribution in [3.05, 3.63) is 0 Å². The van der Waals surface area contributed by atoms with Crippen LogP contribution in [0.25, 0.3) is 0 Å². The van der Waals surface area contributed by atoms with Crippen LogP contribution in [0.3, 0.4) is 0 Å². The van der Waals surface area contributed by atoms with Crippen LogP contribution in [-0.4, -0.2) is 0 Å². The highest BCUT2D eigenvalue weighted by molar-refractivity contribution is 5.05. The molecule has 0 amide bonds. The fourth-order valence-corrected chi connectivity index (χ4v) is 5.67. The van der Waals surface area contributed by atoms with Crippen LogP contribution in [0.2, 0.25) is 0 Å². The molecule has 3 rings (SSSR count). The molecule has 0 heterocycles. The largest absolute Gasteiger partial charge is 0.0622 e. The van der Waals surface area contributed by atoms with Crippen LogP contribution in [0.15, 0.2) is 0 Å². The summed E-state index contributed by atoms with van der Waals surface area (Å²) in [7, 11) is 0. The summed E-state index contributed by atoms with van der Waals surface area (Å²) in [5, 5.41) is 0. The Morgan fingerprint density at radius 2 is 1.87 bits per heavy atom. The van der Waals surface area contributed by atoms with E-state index in [4.69, 9.17) is 0 Å². The van der Waals surface area contributed by atoms with E-state index in [0.717, 1.165) is 23.2 Å². The maximum Gasteiger partial charge on any atom is -0.0261 e. The Kier molecular flexibility index (Phi) is 2.05. The minimum atomic E-state index is 0.712. The molecule has 0 saturated heterocycles. The lowest BCUT2D eigenvalue weighted by Gasteiger charge is -2.48. The van der Waals surface area contributed by atoms with E-state index >= 15 is 0 Å². The van der Waals surface area contributed by atoms with Gasteiger partial charge in [-0.05, 0) is 67.1 Å². The van der Waals surface area contributed by atoms with Crippen LogP contribution in [0.1, 0.15) is 65.7 Å². The molecular weight excluding hydrogens is 180 g/mol. The van der Waals surface area contributed by atoms with Crippen LogP contribution < -0.4 is 0 Å². The average Bonchev–Trinajstić information content (AvgIpc) is 2.32. The quantitative estimate of drug-likeness (QED) is 0.541. The molecule has 3 aliphatic rings. The van der Waals surface area contributed by atoms with E-state index in [1.807, 2.05) is 0 Å². The van der Waals surface area contributed by atoms with Gasteiger partial charge in [-0.1, -0.05) is 27.2 Å². The second-order valence-electron chi connectivity index (χ2n) is 7.44. The number of fused-ring (bicyclic) bond motifs is 1. The molecule has 0 aromatic carbocycles. The van der Waals surface area contributed by atoms with Gasteiger partial charge in [0.25, 0.3) is 0 Å². The summed E-state index contributed by atoms with van der Waals surface area (Å²) >= 11 is 0. The van der Waals surface area contributed by atoms with Crippen molar-refractivity contribution >= 4 is 0 Å². The van der Waals surface area contributed by atoms with Gasteiger partial charge in [-0.15, -0.1) is 0 Å². The smallest absolute Gasteiger partial charge is 0.0261 e. The van der Waals surface area contributed by atoms with Crippen molar-refractivity contribution in [1.82, 2.24) is 0 Å². The third kappa shape index (κ3) is 1.33. The lowest BCUT2D eigenvalue weighted by molar-refractivity contribution is 0.0180. The monoisotopic (exact) mass is 206 g/mol. The van der Waals surface area contributed by atoms with Crippen molar-refractivity contribution in [3.8, 4) is 0 Å². The number of hydrogen-bond donors (Lipinski definition) is 0. The van der Waals surface area contributed by atoms with Crippen molar-refractivity contribution in [2.75, 3.05) is 0 Å². The Labute approximate surface area is 94.8 Å². The van der Waals surface area contributed by atoms with Gasteiger partial charge in [0, 0.05) is 0 Å². The highest BCUT2D eigenvalue weighted by Gasteiger charge is 2.56. The minimum absolute atomic E-state index is 0.712. The van der Waals surface area contributed by atoms with E-state index in [-0.39, 0.29) is 0 Å². The molecule has 15 heavy (non-hydrogen) atoms. The van der Waals surface area contributed by atoms with Crippen LogP contribution >= 0.6 is 0 Å². The van der Waals surface area contributed by atoms with Gasteiger partial charge >= 0.3 is 0 Å². The van der Waals surface area contributed by atoms with Crippen molar-refractivity contribution in [2.24, 2.45) is 28.6 Å². The standard InChI is InChI=1S/C15H26/c1-11-9-12-5-4-7-14(2)8-6-13(11)15(12,3)10-14/h11-13H,4-10H2,1-3H3/t11-,12-,13+,14+,15+/m1/s1. The molecule has 0 spiro atoms. The maximum atomic E-state index is 2.63. The zero-order valence-corrected chi connectivity index (χ0v) is 10.7. The summed E-state index contributed by atoms with van der Waals surface area (Å²) in [4.78, 5) is 0. The van der Waals surface area contributed by atoms with Gasteiger partial charge in [0.2, 0.25) is 0 Å².